The first-order chi connectivity index (χ1) is 17.7. The lowest BCUT2D eigenvalue weighted by atomic mass is 10.00. The van der Waals surface area contributed by atoms with E-state index in [-0.39, 0.29) is 0 Å². The first kappa shape index (κ1) is 33.2. The van der Waals surface area contributed by atoms with E-state index in [0.29, 0.717) is 12.0 Å². The minimum absolute atomic E-state index is 0.620. The van der Waals surface area contributed by atoms with Crippen molar-refractivity contribution in [1.82, 2.24) is 4.98 Å². The highest BCUT2D eigenvalue weighted by Crippen LogP contribution is 2.21. The number of aromatic nitrogens is 2. The molecule has 212 valence electrons. The van der Waals surface area contributed by atoms with Crippen molar-refractivity contribution in [2.45, 2.75) is 200 Å². The first-order valence-corrected chi connectivity index (χ1v) is 16.8. The summed E-state index contributed by atoms with van der Waals surface area (Å²) < 4.78 is 2.54. The third-order valence-electron chi connectivity index (χ3n) is 8.40. The van der Waals surface area contributed by atoms with E-state index in [0.717, 1.165) is 0 Å². The van der Waals surface area contributed by atoms with Gasteiger partial charge in [0, 0.05) is 0 Å². The molecule has 0 spiro atoms. The molecule has 0 aliphatic rings. The molecule has 0 saturated heterocycles. The average Bonchev–Trinajstić information content (AvgIpc) is 3.38. The van der Waals surface area contributed by atoms with Crippen LogP contribution in [0.2, 0.25) is 0 Å². The highest BCUT2D eigenvalue weighted by Gasteiger charge is 2.22. The smallest absolute Gasteiger partial charge is 0.247 e. The summed E-state index contributed by atoms with van der Waals surface area (Å²) >= 11 is 0. The standard InChI is InChI=1S/C34H66N2/c1-5-7-9-11-13-15-16-17-18-19-21-23-25-27-29-33(4)36-31-30-35-34(36)32(3)28-26-24-22-20-14-12-10-8-6-2/h30-33H,5-29H2,1-4H3/p+1. The van der Waals surface area contributed by atoms with Crippen molar-refractivity contribution in [3.8, 4) is 0 Å². The van der Waals surface area contributed by atoms with Gasteiger partial charge in [0.15, 0.2) is 0 Å². The molecule has 0 saturated carbocycles. The molecule has 36 heavy (non-hydrogen) atoms. The van der Waals surface area contributed by atoms with E-state index >= 15 is 0 Å². The van der Waals surface area contributed by atoms with Crippen molar-refractivity contribution in [3.63, 3.8) is 0 Å². The molecular weight excluding hydrogens is 436 g/mol. The van der Waals surface area contributed by atoms with Gasteiger partial charge >= 0.3 is 0 Å². The number of nitrogens with one attached hydrogen (secondary N) is 1. The summed E-state index contributed by atoms with van der Waals surface area (Å²) in [5.41, 5.74) is 0. The second-order valence-corrected chi connectivity index (χ2v) is 12.0. The molecule has 1 heterocycles. The third kappa shape index (κ3) is 17.6. The zero-order valence-electron chi connectivity index (χ0n) is 25.4. The molecule has 0 aliphatic carbocycles. The van der Waals surface area contributed by atoms with Gasteiger partial charge in [-0.15, -0.1) is 0 Å². The zero-order chi connectivity index (χ0) is 26.1. The van der Waals surface area contributed by atoms with Crippen LogP contribution in [0.1, 0.15) is 206 Å². The average molecular weight is 504 g/mol. The quantitative estimate of drug-likeness (QED) is 0.0909. The Hall–Kier alpha value is -0.790. The van der Waals surface area contributed by atoms with Crippen LogP contribution in [-0.4, -0.2) is 4.98 Å². The predicted octanol–water partition coefficient (Wildman–Crippen LogP) is 11.8. The molecule has 1 aromatic rings. The fourth-order valence-corrected chi connectivity index (χ4v) is 5.81. The van der Waals surface area contributed by atoms with E-state index in [4.69, 9.17) is 0 Å². The SMILES string of the molecule is CCCCCCCCCCCCCCCCC(C)[n+]1cc[nH]c1C(C)CCCCCCCCCCC. The van der Waals surface area contributed by atoms with E-state index < -0.39 is 0 Å². The molecule has 1 N–H and O–H groups in total. The topological polar surface area (TPSA) is 19.7 Å². The normalized spacial score (nSPS) is 13.3. The van der Waals surface area contributed by atoms with Gasteiger partial charge in [-0.1, -0.05) is 162 Å². The lowest BCUT2D eigenvalue weighted by Gasteiger charge is -2.14. The summed E-state index contributed by atoms with van der Waals surface area (Å²) in [6.07, 6.45) is 40.0. The third-order valence-corrected chi connectivity index (χ3v) is 8.40. The second-order valence-electron chi connectivity index (χ2n) is 12.0. The summed E-state index contributed by atoms with van der Waals surface area (Å²) in [6, 6.07) is 0.620. The molecule has 1 aromatic heterocycles. The molecule has 2 unspecified atom stereocenters. The van der Waals surface area contributed by atoms with Crippen LogP contribution in [0.15, 0.2) is 12.4 Å². The van der Waals surface area contributed by atoms with E-state index in [1.54, 1.807) is 0 Å². The lowest BCUT2D eigenvalue weighted by Crippen LogP contribution is -2.40. The Balaban J connectivity index is 2.03. The van der Waals surface area contributed by atoms with Crippen LogP contribution in [0, 0.1) is 0 Å². The van der Waals surface area contributed by atoms with Gasteiger partial charge in [-0.2, -0.15) is 0 Å². The molecule has 0 amide bonds. The number of hydrogen-bond acceptors (Lipinski definition) is 0. The summed E-state index contributed by atoms with van der Waals surface area (Å²) in [5.74, 6) is 2.09. The Kier molecular flexibility index (Phi) is 22.7. The lowest BCUT2D eigenvalue weighted by molar-refractivity contribution is -0.727. The fraction of sp³-hybridized carbons (Fsp3) is 0.912. The van der Waals surface area contributed by atoms with Crippen LogP contribution in [0.25, 0.3) is 0 Å². The minimum Gasteiger partial charge on any atom is -0.247 e. The van der Waals surface area contributed by atoms with Crippen LogP contribution in [0.3, 0.4) is 0 Å². The number of rotatable bonds is 27. The van der Waals surface area contributed by atoms with E-state index in [2.05, 4.69) is 49.6 Å². The van der Waals surface area contributed by atoms with E-state index in [1.807, 2.05) is 0 Å². The van der Waals surface area contributed by atoms with Gasteiger partial charge in [0.2, 0.25) is 0 Å². The monoisotopic (exact) mass is 504 g/mol. The Morgan fingerprint density at radius 1 is 0.528 bits per heavy atom. The maximum atomic E-state index is 3.58. The maximum Gasteiger partial charge on any atom is 0.257 e. The Bertz CT molecular complexity index is 563. The van der Waals surface area contributed by atoms with Crippen molar-refractivity contribution in [3.05, 3.63) is 18.2 Å². The molecular formula is C34H67N2+. The number of nitrogens with zero attached hydrogens (tertiary/aromatic N) is 1. The number of hydrogen-bond donors (Lipinski definition) is 1. The highest BCUT2D eigenvalue weighted by molar-refractivity contribution is 4.87. The van der Waals surface area contributed by atoms with Crippen LogP contribution < -0.4 is 4.57 Å². The predicted molar refractivity (Wildman–Crippen MR) is 161 cm³/mol. The fourth-order valence-electron chi connectivity index (χ4n) is 5.81. The van der Waals surface area contributed by atoms with Crippen LogP contribution in [0.4, 0.5) is 0 Å². The van der Waals surface area contributed by atoms with Gasteiger partial charge < -0.3 is 0 Å². The largest absolute Gasteiger partial charge is 0.257 e. The number of imidazole rings is 1. The Morgan fingerprint density at radius 2 is 0.889 bits per heavy atom. The van der Waals surface area contributed by atoms with E-state index in [9.17, 15) is 0 Å². The minimum atomic E-state index is 0.620. The summed E-state index contributed by atoms with van der Waals surface area (Å²) in [5, 5.41) is 0. The first-order valence-electron chi connectivity index (χ1n) is 16.8. The number of aromatic amines is 1. The van der Waals surface area contributed by atoms with Gasteiger partial charge in [-0.25, -0.2) is 9.55 Å². The summed E-state index contributed by atoms with van der Waals surface area (Å²) in [6.45, 7) is 9.45. The molecule has 2 nitrogen and oxygen atoms in total. The van der Waals surface area contributed by atoms with Crippen LogP contribution >= 0.6 is 0 Å². The number of H-pyrrole nitrogens is 1. The van der Waals surface area contributed by atoms with Crippen LogP contribution in [0.5, 0.6) is 0 Å². The maximum absolute atomic E-state index is 3.58. The van der Waals surface area contributed by atoms with Crippen molar-refractivity contribution < 1.29 is 4.57 Å². The molecule has 0 radical (unpaired) electrons. The molecule has 0 fully saturated rings. The van der Waals surface area contributed by atoms with Crippen molar-refractivity contribution >= 4 is 0 Å². The molecule has 1 rings (SSSR count). The van der Waals surface area contributed by atoms with Crippen LogP contribution in [-0.2, 0) is 0 Å². The molecule has 0 aromatic carbocycles. The van der Waals surface area contributed by atoms with Crippen molar-refractivity contribution in [1.29, 1.82) is 0 Å². The second kappa shape index (κ2) is 24.5. The zero-order valence-corrected chi connectivity index (χ0v) is 25.4. The van der Waals surface area contributed by atoms with Crippen molar-refractivity contribution in [2.24, 2.45) is 0 Å². The van der Waals surface area contributed by atoms with Gasteiger partial charge in [0.1, 0.15) is 12.4 Å². The van der Waals surface area contributed by atoms with Gasteiger partial charge in [-0.05, 0) is 26.2 Å². The van der Waals surface area contributed by atoms with Gasteiger partial charge in [-0.3, -0.25) is 0 Å². The van der Waals surface area contributed by atoms with Crippen molar-refractivity contribution in [2.75, 3.05) is 0 Å². The van der Waals surface area contributed by atoms with Gasteiger partial charge in [0.25, 0.3) is 5.82 Å². The summed E-state index contributed by atoms with van der Waals surface area (Å²) in [7, 11) is 0. The Labute approximate surface area is 227 Å². The number of unbranched alkanes of at least 4 members (excludes halogenated alkanes) is 21. The van der Waals surface area contributed by atoms with E-state index in [1.165, 1.54) is 166 Å². The Morgan fingerprint density at radius 3 is 1.31 bits per heavy atom. The summed E-state index contributed by atoms with van der Waals surface area (Å²) in [4.78, 5) is 3.58. The molecule has 2 heteroatoms. The molecule has 0 bridgehead atoms. The highest BCUT2D eigenvalue weighted by atomic mass is 15.1. The van der Waals surface area contributed by atoms with Gasteiger partial charge in [0.05, 0.1) is 12.0 Å². The molecule has 2 atom stereocenters. The molecule has 0 aliphatic heterocycles.